The van der Waals surface area contributed by atoms with E-state index in [1.165, 1.54) is 18.4 Å². The van der Waals surface area contributed by atoms with Gasteiger partial charge in [-0.1, -0.05) is 6.07 Å². The summed E-state index contributed by atoms with van der Waals surface area (Å²) < 4.78 is 10.6. The van der Waals surface area contributed by atoms with Crippen LogP contribution in [0.4, 0.5) is 5.69 Å². The number of benzene rings is 1. The highest BCUT2D eigenvalue weighted by Crippen LogP contribution is 2.24. The summed E-state index contributed by atoms with van der Waals surface area (Å²) in [5, 5.41) is 2.77. The molecule has 1 amide bonds. The number of hydrogen-bond acceptors (Lipinski definition) is 5. The molecule has 0 aliphatic carbocycles. The number of anilines is 1. The van der Waals surface area contributed by atoms with Crippen molar-refractivity contribution in [3.8, 4) is 5.75 Å². The Labute approximate surface area is 134 Å². The summed E-state index contributed by atoms with van der Waals surface area (Å²) in [6.07, 6.45) is 0. The van der Waals surface area contributed by atoms with E-state index in [9.17, 15) is 9.59 Å². The molecule has 1 heterocycles. The molecule has 1 aromatic heterocycles. The van der Waals surface area contributed by atoms with Crippen molar-refractivity contribution in [2.75, 3.05) is 19.0 Å². The third-order valence-electron chi connectivity index (χ3n) is 2.47. The molecule has 0 saturated heterocycles. The average Bonchev–Trinajstić information content (AvgIpc) is 2.92. The number of amides is 1. The van der Waals surface area contributed by atoms with Gasteiger partial charge in [0.05, 0.1) is 15.8 Å². The minimum absolute atomic E-state index is 0.175. The van der Waals surface area contributed by atoms with Gasteiger partial charge in [0.15, 0.2) is 6.61 Å². The number of thiophene rings is 1. The standard InChI is InChI=1S/C14H12BrNO4S/c1-19-13(17)8-20-10-4-2-3-9(7-10)16-14(18)11-5-6-12(15)21-11/h2-7H,8H2,1H3,(H,16,18). The second-order valence-electron chi connectivity index (χ2n) is 3.95. The molecule has 110 valence electrons. The Balaban J connectivity index is 2.00. The molecule has 7 heteroatoms. The number of nitrogens with one attached hydrogen (secondary N) is 1. The summed E-state index contributed by atoms with van der Waals surface area (Å²) in [4.78, 5) is 23.6. The molecule has 0 aliphatic rings. The zero-order valence-corrected chi connectivity index (χ0v) is 13.5. The number of carbonyl (C=O) groups excluding carboxylic acids is 2. The van der Waals surface area contributed by atoms with Crippen LogP contribution in [0.25, 0.3) is 0 Å². The molecule has 5 nitrogen and oxygen atoms in total. The van der Waals surface area contributed by atoms with Crippen LogP contribution in [-0.2, 0) is 9.53 Å². The topological polar surface area (TPSA) is 64.6 Å². The lowest BCUT2D eigenvalue weighted by Gasteiger charge is -2.08. The van der Waals surface area contributed by atoms with Crippen LogP contribution in [0.15, 0.2) is 40.2 Å². The van der Waals surface area contributed by atoms with E-state index in [0.717, 1.165) is 3.79 Å². The largest absolute Gasteiger partial charge is 0.482 e. The maximum atomic E-state index is 12.0. The quantitative estimate of drug-likeness (QED) is 0.821. The zero-order valence-electron chi connectivity index (χ0n) is 11.1. The Morgan fingerprint density at radius 2 is 2.10 bits per heavy atom. The van der Waals surface area contributed by atoms with Gasteiger partial charge in [-0.3, -0.25) is 4.79 Å². The number of methoxy groups -OCH3 is 1. The molecule has 0 saturated carbocycles. The normalized spacial score (nSPS) is 10.0. The van der Waals surface area contributed by atoms with Gasteiger partial charge in [0.25, 0.3) is 5.91 Å². The van der Waals surface area contributed by atoms with Gasteiger partial charge in [0, 0.05) is 11.8 Å². The second kappa shape index (κ2) is 7.24. The van der Waals surface area contributed by atoms with Crippen molar-refractivity contribution in [3.05, 3.63) is 45.1 Å². The third-order valence-corrected chi connectivity index (χ3v) is 4.10. The number of halogens is 1. The van der Waals surface area contributed by atoms with Crippen molar-refractivity contribution in [2.24, 2.45) is 0 Å². The maximum absolute atomic E-state index is 12.0. The molecule has 1 aromatic carbocycles. The van der Waals surface area contributed by atoms with Crippen LogP contribution in [0.5, 0.6) is 5.75 Å². The molecule has 0 atom stereocenters. The highest BCUT2D eigenvalue weighted by atomic mass is 79.9. The first kappa shape index (κ1) is 15.5. The zero-order chi connectivity index (χ0) is 15.2. The fourth-order valence-electron chi connectivity index (χ4n) is 1.49. The first-order chi connectivity index (χ1) is 10.1. The number of ether oxygens (including phenoxy) is 2. The molecular weight excluding hydrogens is 358 g/mol. The molecule has 0 aliphatic heterocycles. The van der Waals surface area contributed by atoms with Crippen molar-refractivity contribution in [2.45, 2.75) is 0 Å². The molecule has 2 aromatic rings. The first-order valence-electron chi connectivity index (χ1n) is 5.95. The monoisotopic (exact) mass is 369 g/mol. The van der Waals surface area contributed by atoms with E-state index < -0.39 is 5.97 Å². The van der Waals surface area contributed by atoms with Crippen LogP contribution in [-0.4, -0.2) is 25.6 Å². The number of hydrogen-bond donors (Lipinski definition) is 1. The fourth-order valence-corrected chi connectivity index (χ4v) is 2.78. The molecule has 2 rings (SSSR count). The number of esters is 1. The summed E-state index contributed by atoms with van der Waals surface area (Å²) in [7, 11) is 1.29. The van der Waals surface area contributed by atoms with Crippen molar-refractivity contribution < 1.29 is 19.1 Å². The lowest BCUT2D eigenvalue weighted by Crippen LogP contribution is -2.13. The van der Waals surface area contributed by atoms with Gasteiger partial charge in [-0.05, 0) is 40.2 Å². The Morgan fingerprint density at radius 3 is 2.76 bits per heavy atom. The average molecular weight is 370 g/mol. The summed E-state index contributed by atoms with van der Waals surface area (Å²) in [5.41, 5.74) is 0.590. The minimum atomic E-state index is -0.465. The lowest BCUT2D eigenvalue weighted by atomic mass is 10.3. The third kappa shape index (κ3) is 4.57. The predicted octanol–water partition coefficient (Wildman–Crippen LogP) is 3.31. The SMILES string of the molecule is COC(=O)COc1cccc(NC(=O)c2ccc(Br)s2)c1. The van der Waals surface area contributed by atoms with Gasteiger partial charge in [-0.2, -0.15) is 0 Å². The van der Waals surface area contributed by atoms with Crippen LogP contribution in [0, 0.1) is 0 Å². The van der Waals surface area contributed by atoms with Gasteiger partial charge in [-0.15, -0.1) is 11.3 Å². The molecule has 0 radical (unpaired) electrons. The van der Waals surface area contributed by atoms with Crippen LogP contribution in [0.2, 0.25) is 0 Å². The van der Waals surface area contributed by atoms with E-state index >= 15 is 0 Å². The second-order valence-corrected chi connectivity index (χ2v) is 6.41. The molecule has 0 bridgehead atoms. The van der Waals surface area contributed by atoms with Gasteiger partial charge < -0.3 is 14.8 Å². The van der Waals surface area contributed by atoms with E-state index in [1.54, 1.807) is 30.3 Å². The highest BCUT2D eigenvalue weighted by molar-refractivity contribution is 9.11. The highest BCUT2D eigenvalue weighted by Gasteiger charge is 2.09. The minimum Gasteiger partial charge on any atom is -0.482 e. The van der Waals surface area contributed by atoms with Crippen LogP contribution in [0.3, 0.4) is 0 Å². The van der Waals surface area contributed by atoms with Crippen LogP contribution >= 0.6 is 27.3 Å². The molecule has 0 spiro atoms. The van der Waals surface area contributed by atoms with Crippen molar-refractivity contribution in [3.63, 3.8) is 0 Å². The molecular formula is C14H12BrNO4S. The van der Waals surface area contributed by atoms with E-state index in [4.69, 9.17) is 4.74 Å². The number of rotatable bonds is 5. The van der Waals surface area contributed by atoms with Gasteiger partial charge in [0.2, 0.25) is 0 Å². The van der Waals surface area contributed by atoms with E-state index in [1.807, 2.05) is 6.07 Å². The maximum Gasteiger partial charge on any atom is 0.343 e. The summed E-state index contributed by atoms with van der Waals surface area (Å²) >= 11 is 4.66. The van der Waals surface area contributed by atoms with Crippen LogP contribution < -0.4 is 10.1 Å². The summed E-state index contributed by atoms with van der Waals surface area (Å²) in [6.45, 7) is -0.175. The van der Waals surface area contributed by atoms with E-state index in [2.05, 4.69) is 26.0 Å². The summed E-state index contributed by atoms with van der Waals surface area (Å²) in [6, 6.07) is 10.4. The molecule has 0 fully saturated rings. The fraction of sp³-hybridized carbons (Fsp3) is 0.143. The molecule has 0 unspecified atom stereocenters. The Hall–Kier alpha value is -1.86. The molecule has 21 heavy (non-hydrogen) atoms. The van der Waals surface area contributed by atoms with E-state index in [0.29, 0.717) is 16.3 Å². The van der Waals surface area contributed by atoms with Crippen molar-refractivity contribution in [1.82, 2.24) is 0 Å². The molecule has 1 N–H and O–H groups in total. The van der Waals surface area contributed by atoms with Crippen molar-refractivity contribution >= 4 is 44.8 Å². The lowest BCUT2D eigenvalue weighted by molar-refractivity contribution is -0.142. The first-order valence-corrected chi connectivity index (χ1v) is 7.56. The van der Waals surface area contributed by atoms with Crippen molar-refractivity contribution in [1.29, 1.82) is 0 Å². The Kier molecular flexibility index (Phi) is 5.35. The van der Waals surface area contributed by atoms with Gasteiger partial charge in [0.1, 0.15) is 5.75 Å². The Morgan fingerprint density at radius 1 is 1.29 bits per heavy atom. The smallest absolute Gasteiger partial charge is 0.343 e. The van der Waals surface area contributed by atoms with Gasteiger partial charge >= 0.3 is 5.97 Å². The summed E-state index contributed by atoms with van der Waals surface area (Å²) in [5.74, 6) is -0.186. The van der Waals surface area contributed by atoms with Gasteiger partial charge in [-0.25, -0.2) is 4.79 Å². The number of carbonyl (C=O) groups is 2. The predicted molar refractivity (Wildman–Crippen MR) is 83.9 cm³/mol. The van der Waals surface area contributed by atoms with E-state index in [-0.39, 0.29) is 12.5 Å². The Bertz CT molecular complexity index is 656. The van der Waals surface area contributed by atoms with Crippen LogP contribution in [0.1, 0.15) is 9.67 Å².